The van der Waals surface area contributed by atoms with Gasteiger partial charge in [0, 0.05) is 10.7 Å². The average Bonchev–Trinajstić information content (AvgIpc) is 2.48. The SMILES string of the molecule is O=C(COCCc1ccc(Br)cc1)Nc1ccc(Cl)cn1. The summed E-state index contributed by atoms with van der Waals surface area (Å²) in [4.78, 5) is 15.6. The van der Waals surface area contributed by atoms with Gasteiger partial charge in [0.15, 0.2) is 0 Å². The quantitative estimate of drug-likeness (QED) is 0.790. The highest BCUT2D eigenvalue weighted by Crippen LogP contribution is 2.11. The van der Waals surface area contributed by atoms with Crippen LogP contribution < -0.4 is 5.32 Å². The summed E-state index contributed by atoms with van der Waals surface area (Å²) in [5, 5.41) is 3.16. The van der Waals surface area contributed by atoms with Crippen LogP contribution in [-0.2, 0) is 16.0 Å². The van der Waals surface area contributed by atoms with Gasteiger partial charge in [-0.1, -0.05) is 39.7 Å². The molecule has 0 unspecified atom stereocenters. The summed E-state index contributed by atoms with van der Waals surface area (Å²) >= 11 is 9.10. The molecule has 0 fully saturated rings. The number of nitrogens with zero attached hydrogens (tertiary/aromatic N) is 1. The highest BCUT2D eigenvalue weighted by Gasteiger charge is 2.03. The summed E-state index contributed by atoms with van der Waals surface area (Å²) in [6, 6.07) is 11.3. The van der Waals surface area contributed by atoms with Crippen molar-refractivity contribution < 1.29 is 9.53 Å². The van der Waals surface area contributed by atoms with Gasteiger partial charge in [0.1, 0.15) is 12.4 Å². The van der Waals surface area contributed by atoms with Crippen molar-refractivity contribution in [2.75, 3.05) is 18.5 Å². The normalized spacial score (nSPS) is 10.4. The van der Waals surface area contributed by atoms with E-state index in [1.165, 1.54) is 6.20 Å². The van der Waals surface area contributed by atoms with E-state index < -0.39 is 0 Å². The number of benzene rings is 1. The van der Waals surface area contributed by atoms with Gasteiger partial charge in [-0.05, 0) is 36.2 Å². The Hall–Kier alpha value is -1.43. The molecule has 0 aliphatic rings. The molecule has 0 spiro atoms. The van der Waals surface area contributed by atoms with Crippen molar-refractivity contribution in [3.8, 4) is 0 Å². The van der Waals surface area contributed by atoms with Crippen LogP contribution in [0.3, 0.4) is 0 Å². The Labute approximate surface area is 136 Å². The molecule has 0 saturated heterocycles. The topological polar surface area (TPSA) is 51.2 Å². The largest absolute Gasteiger partial charge is 0.371 e. The van der Waals surface area contributed by atoms with E-state index in [2.05, 4.69) is 26.2 Å². The van der Waals surface area contributed by atoms with Crippen molar-refractivity contribution >= 4 is 39.3 Å². The first kappa shape index (κ1) is 15.9. The van der Waals surface area contributed by atoms with E-state index in [9.17, 15) is 4.79 Å². The second-order valence-corrected chi connectivity index (χ2v) is 5.69. The maximum atomic E-state index is 11.6. The van der Waals surface area contributed by atoms with Crippen molar-refractivity contribution in [3.05, 3.63) is 57.7 Å². The molecule has 0 saturated carbocycles. The van der Waals surface area contributed by atoms with E-state index >= 15 is 0 Å². The Bertz CT molecular complexity index is 588. The highest BCUT2D eigenvalue weighted by molar-refractivity contribution is 9.10. The van der Waals surface area contributed by atoms with Crippen LogP contribution in [0.25, 0.3) is 0 Å². The van der Waals surface area contributed by atoms with Crippen molar-refractivity contribution in [1.29, 1.82) is 0 Å². The van der Waals surface area contributed by atoms with Crippen LogP contribution in [0.1, 0.15) is 5.56 Å². The molecule has 1 heterocycles. The Balaban J connectivity index is 1.67. The van der Waals surface area contributed by atoms with Gasteiger partial charge in [-0.2, -0.15) is 0 Å². The van der Waals surface area contributed by atoms with E-state index in [-0.39, 0.29) is 12.5 Å². The summed E-state index contributed by atoms with van der Waals surface area (Å²) in [6.07, 6.45) is 2.24. The molecular formula is C15H14BrClN2O2. The van der Waals surface area contributed by atoms with Gasteiger partial charge in [-0.25, -0.2) is 4.98 Å². The van der Waals surface area contributed by atoms with Gasteiger partial charge >= 0.3 is 0 Å². The van der Waals surface area contributed by atoms with E-state index in [1.54, 1.807) is 12.1 Å². The first-order valence-electron chi connectivity index (χ1n) is 6.37. The molecule has 6 heteroatoms. The zero-order chi connectivity index (χ0) is 15.1. The maximum absolute atomic E-state index is 11.6. The second kappa shape index (κ2) is 8.12. The summed E-state index contributed by atoms with van der Waals surface area (Å²) in [5.74, 6) is 0.224. The Kier molecular flexibility index (Phi) is 6.17. The third-order valence-corrected chi connectivity index (χ3v) is 3.43. The molecular weight excluding hydrogens is 356 g/mol. The minimum atomic E-state index is -0.236. The van der Waals surface area contributed by atoms with E-state index in [0.29, 0.717) is 17.4 Å². The molecule has 1 amide bonds. The van der Waals surface area contributed by atoms with E-state index in [0.717, 1.165) is 16.5 Å². The zero-order valence-corrected chi connectivity index (χ0v) is 13.5. The number of ether oxygens (including phenoxy) is 1. The molecule has 0 bridgehead atoms. The molecule has 0 radical (unpaired) electrons. The lowest BCUT2D eigenvalue weighted by atomic mass is 10.2. The maximum Gasteiger partial charge on any atom is 0.251 e. The van der Waals surface area contributed by atoms with Gasteiger partial charge in [-0.15, -0.1) is 0 Å². The number of carbonyl (C=O) groups excluding carboxylic acids is 1. The predicted octanol–water partition coefficient (Wildman–Crippen LogP) is 3.70. The lowest BCUT2D eigenvalue weighted by Gasteiger charge is -2.06. The molecule has 21 heavy (non-hydrogen) atoms. The summed E-state index contributed by atoms with van der Waals surface area (Å²) in [7, 11) is 0. The number of halogens is 2. The van der Waals surface area contributed by atoms with Crippen LogP contribution in [0, 0.1) is 0 Å². The highest BCUT2D eigenvalue weighted by atomic mass is 79.9. The summed E-state index contributed by atoms with van der Waals surface area (Å²) in [5.41, 5.74) is 1.16. The Morgan fingerprint density at radius 1 is 1.24 bits per heavy atom. The third kappa shape index (κ3) is 5.83. The zero-order valence-electron chi connectivity index (χ0n) is 11.2. The minimum absolute atomic E-state index is 0.000828. The van der Waals surface area contributed by atoms with Gasteiger partial charge < -0.3 is 10.1 Å². The summed E-state index contributed by atoms with van der Waals surface area (Å²) in [6.45, 7) is 0.490. The smallest absolute Gasteiger partial charge is 0.251 e. The molecule has 0 aliphatic carbocycles. The van der Waals surface area contributed by atoms with Crippen LogP contribution in [0.15, 0.2) is 47.1 Å². The van der Waals surface area contributed by atoms with Crippen molar-refractivity contribution in [1.82, 2.24) is 4.98 Å². The predicted molar refractivity (Wildman–Crippen MR) is 86.5 cm³/mol. The van der Waals surface area contributed by atoms with Gasteiger partial charge in [0.25, 0.3) is 5.91 Å². The van der Waals surface area contributed by atoms with Crippen LogP contribution in [0.4, 0.5) is 5.82 Å². The second-order valence-electron chi connectivity index (χ2n) is 4.34. The van der Waals surface area contributed by atoms with Gasteiger partial charge in [0.2, 0.25) is 0 Å². The first-order valence-corrected chi connectivity index (χ1v) is 7.54. The molecule has 4 nitrogen and oxygen atoms in total. The van der Waals surface area contributed by atoms with E-state index in [4.69, 9.17) is 16.3 Å². The number of amides is 1. The number of aromatic nitrogens is 1. The first-order chi connectivity index (χ1) is 10.1. The van der Waals surface area contributed by atoms with Crippen molar-refractivity contribution in [2.24, 2.45) is 0 Å². The van der Waals surface area contributed by atoms with E-state index in [1.807, 2.05) is 24.3 Å². The molecule has 0 aliphatic heterocycles. The van der Waals surface area contributed by atoms with Crippen LogP contribution >= 0.6 is 27.5 Å². The standard InChI is InChI=1S/C15H14BrClN2O2/c16-12-3-1-11(2-4-12)7-8-21-10-15(20)19-14-6-5-13(17)9-18-14/h1-6,9H,7-8,10H2,(H,18,19,20). The molecule has 110 valence electrons. The number of hydrogen-bond donors (Lipinski definition) is 1. The van der Waals surface area contributed by atoms with Crippen LogP contribution in [0.2, 0.25) is 5.02 Å². The summed E-state index contributed by atoms with van der Waals surface area (Å²) < 4.78 is 6.39. The fourth-order valence-corrected chi connectivity index (χ4v) is 2.01. The minimum Gasteiger partial charge on any atom is -0.371 e. The van der Waals surface area contributed by atoms with Gasteiger partial charge in [0.05, 0.1) is 11.6 Å². The molecule has 1 aromatic carbocycles. The van der Waals surface area contributed by atoms with Crippen LogP contribution in [-0.4, -0.2) is 24.1 Å². The number of nitrogens with one attached hydrogen (secondary N) is 1. The molecule has 2 rings (SSSR count). The lowest BCUT2D eigenvalue weighted by Crippen LogP contribution is -2.19. The number of hydrogen-bond acceptors (Lipinski definition) is 3. The van der Waals surface area contributed by atoms with Crippen LogP contribution in [0.5, 0.6) is 0 Å². The lowest BCUT2D eigenvalue weighted by molar-refractivity contribution is -0.120. The average molecular weight is 370 g/mol. The number of rotatable bonds is 6. The Morgan fingerprint density at radius 2 is 2.00 bits per heavy atom. The van der Waals surface area contributed by atoms with Crippen molar-refractivity contribution in [3.63, 3.8) is 0 Å². The molecule has 1 aromatic heterocycles. The van der Waals surface area contributed by atoms with Gasteiger partial charge in [-0.3, -0.25) is 4.79 Å². The molecule has 0 atom stereocenters. The number of pyridine rings is 1. The number of carbonyl (C=O) groups is 1. The number of anilines is 1. The Morgan fingerprint density at radius 3 is 2.67 bits per heavy atom. The monoisotopic (exact) mass is 368 g/mol. The molecule has 1 N–H and O–H groups in total. The third-order valence-electron chi connectivity index (χ3n) is 2.68. The fraction of sp³-hybridized carbons (Fsp3) is 0.200. The molecule has 2 aromatic rings. The van der Waals surface area contributed by atoms with Crippen molar-refractivity contribution in [2.45, 2.75) is 6.42 Å². The fourth-order valence-electron chi connectivity index (χ4n) is 1.63.